The van der Waals surface area contributed by atoms with E-state index in [9.17, 15) is 23.1 Å². The number of carboxylic acid groups (broad SMARTS) is 1. The van der Waals surface area contributed by atoms with Crippen molar-refractivity contribution >= 4 is 34.3 Å². The predicted octanol–water partition coefficient (Wildman–Crippen LogP) is 4.22. The minimum atomic E-state index is -4.80. The number of alkyl halides is 3. The third-order valence-electron chi connectivity index (χ3n) is 3.14. The third kappa shape index (κ3) is 5.25. The topological polar surface area (TPSA) is 92.8 Å². The van der Waals surface area contributed by atoms with Crippen molar-refractivity contribution in [2.75, 3.05) is 0 Å². The van der Waals surface area contributed by atoms with E-state index in [2.05, 4.69) is 20.7 Å². The van der Waals surface area contributed by atoms with Crippen LogP contribution in [0.25, 0.3) is 0 Å². The van der Waals surface area contributed by atoms with Crippen molar-refractivity contribution in [3.8, 4) is 11.5 Å². The Morgan fingerprint density at radius 1 is 1.20 bits per heavy atom. The van der Waals surface area contributed by atoms with Gasteiger partial charge in [0.05, 0.1) is 6.04 Å². The van der Waals surface area contributed by atoms with Crippen LogP contribution in [-0.4, -0.2) is 22.5 Å². The summed E-state index contributed by atoms with van der Waals surface area (Å²) in [5.41, 5.74) is 6.14. The summed E-state index contributed by atoms with van der Waals surface area (Å²) >= 11 is 3.13. The molecule has 0 bridgehead atoms. The van der Waals surface area contributed by atoms with Crippen LogP contribution in [0.4, 0.5) is 13.2 Å². The summed E-state index contributed by atoms with van der Waals surface area (Å²) in [6.07, 6.45) is -4.80. The zero-order chi connectivity index (χ0) is 18.1. The van der Waals surface area contributed by atoms with Gasteiger partial charge in [-0.1, -0.05) is 28.1 Å². The average molecular weight is 443 g/mol. The van der Waals surface area contributed by atoms with Crippen LogP contribution in [0.15, 0.2) is 40.9 Å². The molecule has 5 nitrogen and oxygen atoms in total. The van der Waals surface area contributed by atoms with Crippen LogP contribution in [0.3, 0.4) is 0 Å². The van der Waals surface area contributed by atoms with Crippen LogP contribution in [-0.2, 0) is 0 Å². The highest BCUT2D eigenvalue weighted by molar-refractivity contribution is 9.10. The lowest BCUT2D eigenvalue weighted by molar-refractivity contribution is -0.274. The first-order valence-corrected chi connectivity index (χ1v) is 7.25. The van der Waals surface area contributed by atoms with E-state index in [1.54, 1.807) is 0 Å². The Kier molecular flexibility index (Phi) is 6.69. The lowest BCUT2D eigenvalue weighted by Crippen LogP contribution is -2.17. The number of aromatic carboxylic acids is 1. The van der Waals surface area contributed by atoms with Gasteiger partial charge in [-0.2, -0.15) is 0 Å². The van der Waals surface area contributed by atoms with Crippen LogP contribution in [0, 0.1) is 0 Å². The minimum Gasteiger partial charge on any atom is -0.507 e. The van der Waals surface area contributed by atoms with Crippen molar-refractivity contribution in [1.29, 1.82) is 0 Å². The van der Waals surface area contributed by atoms with Crippen molar-refractivity contribution in [2.24, 2.45) is 5.73 Å². The zero-order valence-corrected chi connectivity index (χ0v) is 14.7. The van der Waals surface area contributed by atoms with Crippen molar-refractivity contribution in [1.82, 2.24) is 0 Å². The number of benzene rings is 2. The first kappa shape index (κ1) is 21.1. The maximum atomic E-state index is 12.1. The molecule has 0 aliphatic heterocycles. The summed E-state index contributed by atoms with van der Waals surface area (Å²) in [4.78, 5) is 11.1. The van der Waals surface area contributed by atoms with Gasteiger partial charge in [0.15, 0.2) is 0 Å². The number of hydrogen-bond donors (Lipinski definition) is 3. The summed E-state index contributed by atoms with van der Waals surface area (Å²) < 4.78 is 40.6. The van der Waals surface area contributed by atoms with Crippen LogP contribution in [0.1, 0.15) is 27.5 Å². The summed E-state index contributed by atoms with van der Waals surface area (Å²) in [6, 6.07) is 6.46. The van der Waals surface area contributed by atoms with E-state index in [1.807, 2.05) is 0 Å². The van der Waals surface area contributed by atoms with Gasteiger partial charge >= 0.3 is 12.3 Å². The number of ether oxygens (including phenoxy) is 1. The van der Waals surface area contributed by atoms with Gasteiger partial charge in [0.1, 0.15) is 17.1 Å². The highest BCUT2D eigenvalue weighted by Gasteiger charge is 2.31. The van der Waals surface area contributed by atoms with E-state index in [-0.39, 0.29) is 23.5 Å². The Balaban J connectivity index is 0.00000312. The molecule has 0 aliphatic carbocycles. The number of aromatic hydroxyl groups is 1. The normalized spacial score (nSPS) is 12.2. The van der Waals surface area contributed by atoms with Gasteiger partial charge in [-0.25, -0.2) is 4.79 Å². The number of phenols is 1. The van der Waals surface area contributed by atoms with Gasteiger partial charge in [0.25, 0.3) is 0 Å². The molecule has 4 N–H and O–H groups in total. The van der Waals surface area contributed by atoms with Crippen molar-refractivity contribution < 1.29 is 32.9 Å². The van der Waals surface area contributed by atoms with Gasteiger partial charge in [0, 0.05) is 10.0 Å². The quantitative estimate of drug-likeness (QED) is 0.659. The van der Waals surface area contributed by atoms with Crippen LogP contribution in [0.2, 0.25) is 0 Å². The molecule has 0 spiro atoms. The molecule has 136 valence electrons. The van der Waals surface area contributed by atoms with Gasteiger partial charge in [-0.05, 0) is 29.8 Å². The number of carbonyl (C=O) groups is 1. The molecule has 25 heavy (non-hydrogen) atoms. The molecule has 10 heteroatoms. The van der Waals surface area contributed by atoms with Crippen molar-refractivity contribution in [3.63, 3.8) is 0 Å². The molecule has 0 fully saturated rings. The van der Waals surface area contributed by atoms with Crippen LogP contribution in [0.5, 0.6) is 11.5 Å². The maximum Gasteiger partial charge on any atom is 0.573 e. The third-order valence-corrected chi connectivity index (χ3v) is 3.60. The van der Waals surface area contributed by atoms with E-state index >= 15 is 0 Å². The number of hydrogen-bond acceptors (Lipinski definition) is 4. The van der Waals surface area contributed by atoms with Gasteiger partial charge in [0.2, 0.25) is 0 Å². The summed E-state index contributed by atoms with van der Waals surface area (Å²) in [6.45, 7) is 0. The fraction of sp³-hybridized carbons (Fsp3) is 0.133. The van der Waals surface area contributed by atoms with Crippen molar-refractivity contribution in [2.45, 2.75) is 12.4 Å². The Bertz CT molecular complexity index is 769. The maximum absolute atomic E-state index is 12.1. The number of halogens is 5. The molecule has 0 radical (unpaired) electrons. The molecule has 2 rings (SSSR count). The number of carboxylic acids is 1. The molecule has 0 aromatic heterocycles. The smallest absolute Gasteiger partial charge is 0.507 e. The molecule has 0 saturated carbocycles. The molecule has 0 saturated heterocycles. The standard InChI is InChI=1S/C15H11BrF3NO4.ClH/c16-8-5-10(13(21)11(6-8)14(22)23)12(20)7-1-3-9(4-2-7)24-15(17,18)19;/h1-6,12,21H,20H2,(H,22,23);1H/t12-;/m0./s1. The van der Waals surface area contributed by atoms with E-state index < -0.39 is 29.9 Å². The van der Waals surface area contributed by atoms with Gasteiger partial charge in [-0.15, -0.1) is 25.6 Å². The molecular weight excluding hydrogens is 431 g/mol. The monoisotopic (exact) mass is 441 g/mol. The number of nitrogens with two attached hydrogens (primary N) is 1. The lowest BCUT2D eigenvalue weighted by Gasteiger charge is -2.17. The molecule has 0 aliphatic rings. The fourth-order valence-electron chi connectivity index (χ4n) is 2.08. The second kappa shape index (κ2) is 7.94. The fourth-order valence-corrected chi connectivity index (χ4v) is 2.55. The van der Waals surface area contributed by atoms with Gasteiger partial charge < -0.3 is 20.7 Å². The lowest BCUT2D eigenvalue weighted by atomic mass is 9.96. The zero-order valence-electron chi connectivity index (χ0n) is 12.2. The van der Waals surface area contributed by atoms with Crippen LogP contribution >= 0.6 is 28.3 Å². The summed E-state index contributed by atoms with van der Waals surface area (Å²) in [7, 11) is 0. The first-order chi connectivity index (χ1) is 11.1. The van der Waals surface area contributed by atoms with Crippen LogP contribution < -0.4 is 10.5 Å². The summed E-state index contributed by atoms with van der Waals surface area (Å²) in [5, 5.41) is 19.1. The second-order valence-corrected chi connectivity index (χ2v) is 5.71. The van der Waals surface area contributed by atoms with E-state index in [0.29, 0.717) is 10.0 Å². The molecule has 2 aromatic rings. The molecule has 1 atom stereocenters. The Morgan fingerprint density at radius 3 is 2.24 bits per heavy atom. The SMILES string of the molecule is Cl.N[C@@H](c1ccc(OC(F)(F)F)cc1)c1cc(Br)cc(C(=O)O)c1O. The minimum absolute atomic E-state index is 0. The Labute approximate surface area is 154 Å². The second-order valence-electron chi connectivity index (χ2n) is 4.79. The van der Waals surface area contributed by atoms with E-state index in [4.69, 9.17) is 10.8 Å². The molecular formula is C15H12BrClF3NO4. The first-order valence-electron chi connectivity index (χ1n) is 6.45. The van der Waals surface area contributed by atoms with E-state index in [1.165, 1.54) is 24.3 Å². The largest absolute Gasteiger partial charge is 0.573 e. The van der Waals surface area contributed by atoms with Crippen molar-refractivity contribution in [3.05, 3.63) is 57.6 Å². The highest BCUT2D eigenvalue weighted by Crippen LogP contribution is 2.34. The van der Waals surface area contributed by atoms with E-state index in [0.717, 1.165) is 12.1 Å². The summed E-state index contributed by atoms with van der Waals surface area (Å²) in [5.74, 6) is -2.26. The Hall–Kier alpha value is -1.97. The highest BCUT2D eigenvalue weighted by atomic mass is 79.9. The molecule has 0 heterocycles. The Morgan fingerprint density at radius 2 is 1.76 bits per heavy atom. The molecule has 2 aromatic carbocycles. The average Bonchev–Trinajstić information content (AvgIpc) is 2.47. The number of rotatable bonds is 4. The molecule has 0 amide bonds. The van der Waals surface area contributed by atoms with Gasteiger partial charge in [-0.3, -0.25) is 0 Å². The molecule has 0 unspecified atom stereocenters. The predicted molar refractivity (Wildman–Crippen MR) is 89.2 cm³/mol.